The fraction of sp³-hybridized carbons (Fsp3) is 0.500. The first-order valence-electron chi connectivity index (χ1n) is 6.78. The Hall–Kier alpha value is -1.54. The maximum absolute atomic E-state index is 12.5. The van der Waals surface area contributed by atoms with Crippen LogP contribution in [-0.4, -0.2) is 50.3 Å². The number of hydrogen-bond acceptors (Lipinski definition) is 4. The minimum Gasteiger partial charge on any atom is -0.372 e. The molecular weight excluding hydrogens is 316 g/mol. The maximum Gasteiger partial charge on any atom is 0.341 e. The van der Waals surface area contributed by atoms with Gasteiger partial charge in [-0.05, 0) is 38.1 Å². The molecule has 0 aromatic heterocycles. The summed E-state index contributed by atoms with van der Waals surface area (Å²) in [7, 11) is -4.64. The van der Waals surface area contributed by atoms with Crippen LogP contribution in [0.3, 0.4) is 0 Å². The number of alkyl halides is 2. The molecule has 1 fully saturated rings. The van der Waals surface area contributed by atoms with Crippen molar-refractivity contribution in [1.82, 2.24) is 4.90 Å². The van der Waals surface area contributed by atoms with E-state index < -0.39 is 20.5 Å². The highest BCUT2D eigenvalue weighted by Gasteiger charge is 2.28. The third kappa shape index (κ3) is 3.44. The Morgan fingerprint density at radius 1 is 1.18 bits per heavy atom. The number of hydrogen-bond donors (Lipinski definition) is 0. The second-order valence-electron chi connectivity index (χ2n) is 5.30. The topological polar surface area (TPSA) is 63.7 Å². The van der Waals surface area contributed by atoms with Crippen LogP contribution in [0.5, 0.6) is 0 Å². The van der Waals surface area contributed by atoms with Crippen molar-refractivity contribution in [2.24, 2.45) is 0 Å². The summed E-state index contributed by atoms with van der Waals surface area (Å²) in [6.07, 6.45) is -0.183. The molecule has 0 N–H and O–H groups in total. The molecule has 0 bridgehead atoms. The van der Waals surface area contributed by atoms with Gasteiger partial charge >= 0.3 is 5.76 Å². The summed E-state index contributed by atoms with van der Waals surface area (Å²) in [4.78, 5) is 13.5. The Bertz CT molecular complexity index is 635. The zero-order chi connectivity index (χ0) is 16.5. The lowest BCUT2D eigenvalue weighted by Gasteiger charge is -2.35. The molecule has 2 rings (SSSR count). The van der Waals surface area contributed by atoms with Crippen LogP contribution in [0, 0.1) is 0 Å². The maximum atomic E-state index is 12.5. The fourth-order valence-corrected chi connectivity index (χ4v) is 3.14. The summed E-state index contributed by atoms with van der Waals surface area (Å²) in [5.74, 6) is -3.75. The van der Waals surface area contributed by atoms with Crippen LogP contribution in [0.1, 0.15) is 24.2 Å². The first kappa shape index (κ1) is 16.8. The van der Waals surface area contributed by atoms with E-state index in [-0.39, 0.29) is 23.7 Å². The van der Waals surface area contributed by atoms with Gasteiger partial charge in [-0.3, -0.25) is 4.79 Å². The number of sulfone groups is 1. The monoisotopic (exact) mass is 333 g/mol. The van der Waals surface area contributed by atoms with Crippen molar-refractivity contribution < 1.29 is 26.7 Å². The van der Waals surface area contributed by atoms with Gasteiger partial charge in [-0.25, -0.2) is 8.42 Å². The molecule has 0 saturated carbocycles. The summed E-state index contributed by atoms with van der Waals surface area (Å²) in [6, 6.07) is 4.56. The number of morpholine rings is 1. The Balaban J connectivity index is 2.18. The van der Waals surface area contributed by atoms with Gasteiger partial charge < -0.3 is 9.64 Å². The van der Waals surface area contributed by atoms with Gasteiger partial charge in [0.2, 0.25) is 9.84 Å². The Labute approximate surface area is 127 Å². The summed E-state index contributed by atoms with van der Waals surface area (Å²) in [6.45, 7) is 4.57. The lowest BCUT2D eigenvalue weighted by molar-refractivity contribution is -0.0586. The average Bonchev–Trinajstić information content (AvgIpc) is 2.45. The van der Waals surface area contributed by atoms with Crippen LogP contribution in [0.2, 0.25) is 0 Å². The molecule has 1 aliphatic rings. The van der Waals surface area contributed by atoms with E-state index in [1.165, 1.54) is 12.1 Å². The van der Waals surface area contributed by atoms with Crippen LogP contribution < -0.4 is 0 Å². The zero-order valence-corrected chi connectivity index (χ0v) is 13.0. The van der Waals surface area contributed by atoms with Gasteiger partial charge in [0.1, 0.15) is 0 Å². The minimum absolute atomic E-state index is 0.0915. The lowest BCUT2D eigenvalue weighted by Crippen LogP contribution is -2.48. The predicted octanol–water partition coefficient (Wildman–Crippen LogP) is 1.93. The van der Waals surface area contributed by atoms with Crippen molar-refractivity contribution in [3.63, 3.8) is 0 Å². The number of rotatable bonds is 3. The van der Waals surface area contributed by atoms with Gasteiger partial charge in [-0.15, -0.1) is 0 Å². The number of nitrogens with zero attached hydrogens (tertiary/aromatic N) is 1. The summed E-state index contributed by atoms with van der Waals surface area (Å²) in [5, 5.41) is 0. The fourth-order valence-electron chi connectivity index (χ4n) is 2.42. The van der Waals surface area contributed by atoms with Crippen LogP contribution in [0.25, 0.3) is 0 Å². The van der Waals surface area contributed by atoms with E-state index in [0.717, 1.165) is 12.1 Å². The summed E-state index contributed by atoms with van der Waals surface area (Å²) >= 11 is 0. The van der Waals surface area contributed by atoms with Crippen molar-refractivity contribution in [3.05, 3.63) is 29.8 Å². The first-order chi connectivity index (χ1) is 10.2. The number of benzene rings is 1. The second kappa shape index (κ2) is 6.29. The molecule has 1 heterocycles. The van der Waals surface area contributed by atoms with Crippen molar-refractivity contribution in [1.29, 1.82) is 0 Å². The van der Waals surface area contributed by atoms with Gasteiger partial charge in [-0.1, -0.05) is 0 Å². The smallest absolute Gasteiger partial charge is 0.341 e. The molecule has 2 unspecified atom stereocenters. The number of ether oxygens (including phenoxy) is 1. The largest absolute Gasteiger partial charge is 0.372 e. The molecule has 1 amide bonds. The molecular formula is C14H17F2NO4S. The lowest BCUT2D eigenvalue weighted by atomic mass is 10.1. The van der Waals surface area contributed by atoms with Crippen molar-refractivity contribution in [2.45, 2.75) is 36.7 Å². The van der Waals surface area contributed by atoms with Gasteiger partial charge in [0, 0.05) is 18.7 Å². The highest BCUT2D eigenvalue weighted by Crippen LogP contribution is 2.20. The van der Waals surface area contributed by atoms with Gasteiger partial charge in [0.15, 0.2) is 0 Å². The molecule has 22 heavy (non-hydrogen) atoms. The number of halogens is 2. The van der Waals surface area contributed by atoms with Crippen molar-refractivity contribution in [2.75, 3.05) is 13.1 Å². The van der Waals surface area contributed by atoms with E-state index in [1.807, 2.05) is 13.8 Å². The van der Waals surface area contributed by atoms with E-state index in [1.54, 1.807) is 4.90 Å². The van der Waals surface area contributed by atoms with Crippen molar-refractivity contribution >= 4 is 15.7 Å². The molecule has 0 spiro atoms. The average molecular weight is 333 g/mol. The Morgan fingerprint density at radius 2 is 1.68 bits per heavy atom. The molecule has 0 radical (unpaired) electrons. The molecule has 122 valence electrons. The molecule has 1 aliphatic heterocycles. The van der Waals surface area contributed by atoms with Crippen LogP contribution in [-0.2, 0) is 14.6 Å². The van der Waals surface area contributed by atoms with Gasteiger partial charge in [-0.2, -0.15) is 8.78 Å². The molecule has 1 saturated heterocycles. The molecule has 0 aliphatic carbocycles. The summed E-state index contributed by atoms with van der Waals surface area (Å²) in [5.41, 5.74) is 0.259. The predicted molar refractivity (Wildman–Crippen MR) is 75.5 cm³/mol. The van der Waals surface area contributed by atoms with Gasteiger partial charge in [0.05, 0.1) is 17.1 Å². The quantitative estimate of drug-likeness (QED) is 0.848. The Kier molecular flexibility index (Phi) is 4.81. The zero-order valence-electron chi connectivity index (χ0n) is 12.2. The Morgan fingerprint density at radius 3 is 2.14 bits per heavy atom. The van der Waals surface area contributed by atoms with E-state index in [0.29, 0.717) is 13.1 Å². The van der Waals surface area contributed by atoms with E-state index in [2.05, 4.69) is 0 Å². The molecule has 1 aromatic carbocycles. The van der Waals surface area contributed by atoms with Crippen LogP contribution >= 0.6 is 0 Å². The summed E-state index contributed by atoms with van der Waals surface area (Å²) < 4.78 is 53.1. The van der Waals surface area contributed by atoms with E-state index in [4.69, 9.17) is 4.74 Å². The minimum atomic E-state index is -4.64. The van der Waals surface area contributed by atoms with E-state index >= 15 is 0 Å². The SMILES string of the molecule is CC1CN(C(=O)c2ccc(S(=O)(=O)C(F)F)cc2)CC(C)O1. The molecule has 5 nitrogen and oxygen atoms in total. The second-order valence-corrected chi connectivity index (χ2v) is 7.22. The number of carbonyl (C=O) groups excluding carboxylic acids is 1. The highest BCUT2D eigenvalue weighted by atomic mass is 32.2. The van der Waals surface area contributed by atoms with E-state index in [9.17, 15) is 22.0 Å². The van der Waals surface area contributed by atoms with Crippen molar-refractivity contribution in [3.8, 4) is 0 Å². The van der Waals surface area contributed by atoms with Gasteiger partial charge in [0.25, 0.3) is 5.91 Å². The third-order valence-electron chi connectivity index (χ3n) is 3.37. The first-order valence-corrected chi connectivity index (χ1v) is 8.33. The molecule has 8 heteroatoms. The number of carbonyl (C=O) groups is 1. The third-order valence-corrected chi connectivity index (χ3v) is 4.77. The van der Waals surface area contributed by atoms with Crippen LogP contribution in [0.15, 0.2) is 29.2 Å². The normalized spacial score (nSPS) is 22.9. The molecule has 2 atom stereocenters. The highest BCUT2D eigenvalue weighted by molar-refractivity contribution is 7.91. The molecule has 1 aromatic rings. The van der Waals surface area contributed by atoms with Crippen LogP contribution in [0.4, 0.5) is 8.78 Å². The number of amides is 1. The standard InChI is InChI=1S/C14H17F2NO4S/c1-9-7-17(8-10(2)21-9)13(18)11-3-5-12(6-4-11)22(19,20)14(15)16/h3-6,9-10,14H,7-8H2,1-2H3.